The number of hydrogen-bond donors (Lipinski definition) is 3. The Morgan fingerprint density at radius 1 is 1.71 bits per heavy atom. The van der Waals surface area contributed by atoms with Crippen LogP contribution in [0.15, 0.2) is 5.16 Å². The van der Waals surface area contributed by atoms with Crippen LogP contribution in [0.1, 0.15) is 6.92 Å². The highest BCUT2D eigenvalue weighted by Gasteiger charge is 2.15. The molecule has 1 fully saturated rings. The van der Waals surface area contributed by atoms with Crippen molar-refractivity contribution in [1.29, 1.82) is 0 Å². The van der Waals surface area contributed by atoms with Crippen LogP contribution in [0.3, 0.4) is 0 Å². The maximum absolute atomic E-state index is 8.46. The molecule has 82 valence electrons. The van der Waals surface area contributed by atoms with Crippen LogP contribution in [0.2, 0.25) is 0 Å². The van der Waals surface area contributed by atoms with Crippen LogP contribution in [0.5, 0.6) is 0 Å². The van der Waals surface area contributed by atoms with Gasteiger partial charge in [-0.1, -0.05) is 5.16 Å². The van der Waals surface area contributed by atoms with Crippen LogP contribution in [-0.2, 0) is 0 Å². The van der Waals surface area contributed by atoms with Crippen molar-refractivity contribution in [2.24, 2.45) is 10.9 Å². The maximum Gasteiger partial charge on any atom is 0.156 e. The lowest BCUT2D eigenvalue weighted by Crippen LogP contribution is -2.42. The number of rotatable bonds is 4. The van der Waals surface area contributed by atoms with Crippen molar-refractivity contribution in [1.82, 2.24) is 5.32 Å². The molecule has 1 saturated heterocycles. The highest BCUT2D eigenvalue weighted by atomic mass is 32.2. The normalized spacial score (nSPS) is 26.1. The molecule has 4 nitrogen and oxygen atoms in total. The number of oxime groups is 1. The second kappa shape index (κ2) is 6.42. The fourth-order valence-corrected chi connectivity index (χ4v) is 3.78. The monoisotopic (exact) mass is 235 g/mol. The predicted octanol–water partition coefficient (Wildman–Crippen LogP) is 0.559. The molecule has 1 rings (SSSR count). The van der Waals surface area contributed by atoms with E-state index in [2.05, 4.69) is 10.5 Å². The van der Waals surface area contributed by atoms with Gasteiger partial charge in [0.1, 0.15) is 0 Å². The second-order valence-corrected chi connectivity index (χ2v) is 5.78. The zero-order valence-corrected chi connectivity index (χ0v) is 9.90. The third kappa shape index (κ3) is 3.98. The molecule has 0 bridgehead atoms. The number of amidine groups is 1. The van der Waals surface area contributed by atoms with Gasteiger partial charge >= 0.3 is 0 Å². The average Bonchev–Trinajstić information content (AvgIpc) is 2.26. The molecular formula is C8H17N3OS2. The van der Waals surface area contributed by atoms with Crippen molar-refractivity contribution in [3.05, 3.63) is 0 Å². The molecule has 6 heteroatoms. The minimum Gasteiger partial charge on any atom is -0.409 e. The summed E-state index contributed by atoms with van der Waals surface area (Å²) >= 11 is 4.00. The van der Waals surface area contributed by atoms with Gasteiger partial charge in [-0.15, -0.1) is 0 Å². The number of thioether (sulfide) groups is 2. The first kappa shape index (κ1) is 12.0. The quantitative estimate of drug-likeness (QED) is 0.287. The van der Waals surface area contributed by atoms with Gasteiger partial charge in [-0.25, -0.2) is 0 Å². The Hall–Kier alpha value is -0.0700. The van der Waals surface area contributed by atoms with Gasteiger partial charge in [-0.05, 0) is 6.92 Å². The largest absolute Gasteiger partial charge is 0.409 e. The average molecular weight is 235 g/mol. The molecule has 0 radical (unpaired) electrons. The topological polar surface area (TPSA) is 70.6 Å². The van der Waals surface area contributed by atoms with Crippen LogP contribution in [0, 0.1) is 0 Å². The molecule has 1 aliphatic rings. The van der Waals surface area contributed by atoms with E-state index in [1.807, 2.05) is 30.4 Å². The summed E-state index contributed by atoms with van der Waals surface area (Å²) in [7, 11) is 0. The molecule has 1 aliphatic heterocycles. The number of nitrogens with two attached hydrogens (primary N) is 1. The van der Waals surface area contributed by atoms with Crippen LogP contribution in [0.4, 0.5) is 0 Å². The Balaban J connectivity index is 2.18. The Morgan fingerprint density at radius 3 is 3.07 bits per heavy atom. The molecule has 0 spiro atoms. The molecule has 2 unspecified atom stereocenters. The smallest absolute Gasteiger partial charge is 0.156 e. The van der Waals surface area contributed by atoms with E-state index in [9.17, 15) is 0 Å². The van der Waals surface area contributed by atoms with Gasteiger partial charge in [-0.3, -0.25) is 0 Å². The van der Waals surface area contributed by atoms with Crippen LogP contribution in [-0.4, -0.2) is 46.1 Å². The summed E-state index contributed by atoms with van der Waals surface area (Å²) in [5.74, 6) is 3.94. The minimum atomic E-state index is -0.0486. The first-order chi connectivity index (χ1) is 6.74. The summed E-state index contributed by atoms with van der Waals surface area (Å²) in [4.78, 5) is 0. The number of nitrogens with one attached hydrogen (secondary N) is 1. The molecule has 0 amide bonds. The first-order valence-corrected chi connectivity index (χ1v) is 6.84. The van der Waals surface area contributed by atoms with E-state index in [4.69, 9.17) is 10.9 Å². The number of hydrogen-bond acceptors (Lipinski definition) is 5. The van der Waals surface area contributed by atoms with Gasteiger partial charge < -0.3 is 16.3 Å². The van der Waals surface area contributed by atoms with E-state index in [-0.39, 0.29) is 11.9 Å². The zero-order valence-electron chi connectivity index (χ0n) is 8.27. The Labute approximate surface area is 93.1 Å². The molecule has 4 N–H and O–H groups in total. The summed E-state index contributed by atoms with van der Waals surface area (Å²) in [6, 6.07) is -0.0486. The second-order valence-electron chi connectivity index (χ2n) is 3.22. The summed E-state index contributed by atoms with van der Waals surface area (Å²) in [6.45, 7) is 2.82. The lowest BCUT2D eigenvalue weighted by molar-refractivity contribution is 0.315. The van der Waals surface area contributed by atoms with E-state index >= 15 is 0 Å². The third-order valence-electron chi connectivity index (χ3n) is 2.10. The van der Waals surface area contributed by atoms with Gasteiger partial charge in [0.2, 0.25) is 0 Å². The Bertz CT molecular complexity index is 195. The molecule has 1 heterocycles. The van der Waals surface area contributed by atoms with Crippen molar-refractivity contribution in [2.45, 2.75) is 18.2 Å². The summed E-state index contributed by atoms with van der Waals surface area (Å²) < 4.78 is 0. The predicted molar refractivity (Wildman–Crippen MR) is 64.4 cm³/mol. The summed E-state index contributed by atoms with van der Waals surface area (Å²) in [5, 5.41) is 15.3. The van der Waals surface area contributed by atoms with Crippen molar-refractivity contribution in [2.75, 3.05) is 23.8 Å². The lowest BCUT2D eigenvalue weighted by Gasteiger charge is -2.22. The van der Waals surface area contributed by atoms with Crippen molar-refractivity contribution in [3.63, 3.8) is 0 Å². The Kier molecular flexibility index (Phi) is 5.50. The Morgan fingerprint density at radius 2 is 2.50 bits per heavy atom. The van der Waals surface area contributed by atoms with E-state index < -0.39 is 0 Å². The third-order valence-corrected chi connectivity index (χ3v) is 4.94. The van der Waals surface area contributed by atoms with E-state index in [0.717, 1.165) is 6.54 Å². The molecule has 0 aromatic carbocycles. The molecule has 0 aromatic rings. The molecule has 0 aliphatic carbocycles. The minimum absolute atomic E-state index is 0.0486. The van der Waals surface area contributed by atoms with Gasteiger partial charge in [0.05, 0.1) is 6.04 Å². The van der Waals surface area contributed by atoms with Crippen LogP contribution < -0.4 is 11.1 Å². The van der Waals surface area contributed by atoms with Crippen LogP contribution >= 0.6 is 23.5 Å². The zero-order chi connectivity index (χ0) is 10.4. The lowest BCUT2D eigenvalue weighted by atomic mass is 10.3. The standard InChI is InChI=1S/C8H17N3OS2/c1-6(8(9)11-12)10-4-7-5-13-2-3-14-7/h6-7,10,12H,2-5H2,1H3,(H2,9,11). The highest BCUT2D eigenvalue weighted by Crippen LogP contribution is 2.23. The molecule has 0 aromatic heterocycles. The fraction of sp³-hybridized carbons (Fsp3) is 0.875. The number of nitrogens with zero attached hydrogens (tertiary/aromatic N) is 1. The van der Waals surface area contributed by atoms with Gasteiger partial charge in [0, 0.05) is 29.1 Å². The van der Waals surface area contributed by atoms with Crippen molar-refractivity contribution < 1.29 is 5.21 Å². The van der Waals surface area contributed by atoms with Crippen molar-refractivity contribution >= 4 is 29.4 Å². The van der Waals surface area contributed by atoms with Crippen molar-refractivity contribution in [3.8, 4) is 0 Å². The highest BCUT2D eigenvalue weighted by molar-refractivity contribution is 8.06. The van der Waals surface area contributed by atoms with E-state index in [0.29, 0.717) is 5.25 Å². The first-order valence-electron chi connectivity index (χ1n) is 4.64. The molecule has 2 atom stereocenters. The summed E-state index contributed by atoms with van der Waals surface area (Å²) in [5.41, 5.74) is 5.46. The fourth-order valence-electron chi connectivity index (χ4n) is 1.15. The SMILES string of the molecule is CC(NCC1CSCCS1)C(N)=NO. The molecular weight excluding hydrogens is 218 g/mol. The van der Waals surface area contributed by atoms with E-state index in [1.165, 1.54) is 17.3 Å². The van der Waals surface area contributed by atoms with Crippen LogP contribution in [0.25, 0.3) is 0 Å². The molecule has 0 saturated carbocycles. The van der Waals surface area contributed by atoms with Gasteiger partial charge in [0.15, 0.2) is 5.84 Å². The van der Waals surface area contributed by atoms with Gasteiger partial charge in [-0.2, -0.15) is 23.5 Å². The summed E-state index contributed by atoms with van der Waals surface area (Å²) in [6.07, 6.45) is 0. The van der Waals surface area contributed by atoms with Gasteiger partial charge in [0.25, 0.3) is 0 Å². The maximum atomic E-state index is 8.46. The molecule has 14 heavy (non-hydrogen) atoms. The van der Waals surface area contributed by atoms with E-state index in [1.54, 1.807) is 0 Å².